The number of carbonyl (C=O) groups is 2. The van der Waals surface area contributed by atoms with Crippen molar-refractivity contribution in [2.45, 2.75) is 45.7 Å². The van der Waals surface area contributed by atoms with Gasteiger partial charge in [-0.3, -0.25) is 19.0 Å². The highest BCUT2D eigenvalue weighted by Gasteiger charge is 2.24. The van der Waals surface area contributed by atoms with Gasteiger partial charge in [-0.25, -0.2) is 4.98 Å². The van der Waals surface area contributed by atoms with Gasteiger partial charge >= 0.3 is 0 Å². The van der Waals surface area contributed by atoms with Crippen LogP contribution in [0.3, 0.4) is 0 Å². The van der Waals surface area contributed by atoms with Gasteiger partial charge < -0.3 is 10.2 Å². The highest BCUT2D eigenvalue weighted by molar-refractivity contribution is 7.18. The molecule has 3 heterocycles. The molecule has 1 aliphatic rings. The van der Waals surface area contributed by atoms with E-state index in [0.717, 1.165) is 28.1 Å². The molecule has 3 aromatic rings. The molecule has 0 spiro atoms. The summed E-state index contributed by atoms with van der Waals surface area (Å²) >= 11 is 1.52. The molecule has 1 saturated heterocycles. The number of likely N-dealkylation sites (tertiary alicyclic amines) is 1. The minimum absolute atomic E-state index is 0.0260. The predicted octanol–water partition coefficient (Wildman–Crippen LogP) is 2.89. The van der Waals surface area contributed by atoms with Crippen molar-refractivity contribution < 1.29 is 9.59 Å². The van der Waals surface area contributed by atoms with Gasteiger partial charge in [0.1, 0.15) is 4.83 Å². The Labute approximate surface area is 184 Å². The molecule has 0 bridgehead atoms. The zero-order chi connectivity index (χ0) is 22.0. The number of benzene rings is 1. The number of amides is 2. The number of rotatable bonds is 5. The summed E-state index contributed by atoms with van der Waals surface area (Å²) in [5.41, 5.74) is 1.54. The summed E-state index contributed by atoms with van der Waals surface area (Å²) < 4.78 is 1.53. The van der Waals surface area contributed by atoms with Gasteiger partial charge in [0.2, 0.25) is 5.91 Å². The first-order chi connectivity index (χ1) is 14.9. The fourth-order valence-corrected chi connectivity index (χ4v) is 4.92. The van der Waals surface area contributed by atoms with Gasteiger partial charge in [-0.1, -0.05) is 18.2 Å². The van der Waals surface area contributed by atoms with Crippen molar-refractivity contribution >= 4 is 33.4 Å². The van der Waals surface area contributed by atoms with E-state index in [9.17, 15) is 14.4 Å². The maximum absolute atomic E-state index is 12.8. The molecule has 7 nitrogen and oxygen atoms in total. The van der Waals surface area contributed by atoms with Crippen molar-refractivity contribution in [3.05, 3.63) is 63.0 Å². The molecule has 2 aromatic heterocycles. The van der Waals surface area contributed by atoms with Crippen LogP contribution in [0.2, 0.25) is 0 Å². The lowest BCUT2D eigenvalue weighted by molar-refractivity contribution is -0.132. The molecule has 8 heteroatoms. The summed E-state index contributed by atoms with van der Waals surface area (Å²) in [5, 5.41) is 3.71. The first kappa shape index (κ1) is 21.2. The zero-order valence-corrected chi connectivity index (χ0v) is 18.6. The van der Waals surface area contributed by atoms with Gasteiger partial charge in [-0.05, 0) is 44.4 Å². The number of piperidine rings is 1. The largest absolute Gasteiger partial charge is 0.349 e. The van der Waals surface area contributed by atoms with E-state index >= 15 is 0 Å². The molecule has 4 rings (SSSR count). The van der Waals surface area contributed by atoms with Crippen LogP contribution in [0.5, 0.6) is 0 Å². The van der Waals surface area contributed by atoms with Crippen molar-refractivity contribution in [3.63, 3.8) is 0 Å². The van der Waals surface area contributed by atoms with E-state index in [0.29, 0.717) is 30.6 Å². The molecule has 31 heavy (non-hydrogen) atoms. The molecule has 0 unspecified atom stereocenters. The van der Waals surface area contributed by atoms with Gasteiger partial charge in [0.05, 0.1) is 11.7 Å². The van der Waals surface area contributed by atoms with E-state index < -0.39 is 0 Å². The number of carbonyl (C=O) groups excluding carboxylic acids is 2. The molecule has 0 aliphatic carbocycles. The third-order valence-electron chi connectivity index (χ3n) is 5.94. The first-order valence-corrected chi connectivity index (χ1v) is 11.3. The SMILES string of the molecule is Cc1sc2ncn(CCC(=O)N3CCC(NC(=O)c4ccccc4)CC3)c(=O)c2c1C. The van der Waals surface area contributed by atoms with Gasteiger partial charge in [0.25, 0.3) is 11.5 Å². The highest BCUT2D eigenvalue weighted by Crippen LogP contribution is 2.25. The number of thiophene rings is 1. The Morgan fingerprint density at radius 2 is 1.87 bits per heavy atom. The molecule has 2 amide bonds. The molecule has 162 valence electrons. The van der Waals surface area contributed by atoms with Crippen molar-refractivity contribution in [3.8, 4) is 0 Å². The van der Waals surface area contributed by atoms with E-state index in [1.807, 2.05) is 36.9 Å². The average Bonchev–Trinajstić information content (AvgIpc) is 3.08. The molecule has 1 aromatic carbocycles. The summed E-state index contributed by atoms with van der Waals surface area (Å²) in [6.45, 7) is 5.45. The van der Waals surface area contributed by atoms with Crippen LogP contribution >= 0.6 is 11.3 Å². The van der Waals surface area contributed by atoms with Crippen LogP contribution in [0, 0.1) is 13.8 Å². The maximum atomic E-state index is 12.8. The molecule has 0 radical (unpaired) electrons. The Morgan fingerprint density at radius 1 is 1.16 bits per heavy atom. The van der Waals surface area contributed by atoms with Crippen LogP contribution in [-0.2, 0) is 11.3 Å². The number of aromatic nitrogens is 2. The summed E-state index contributed by atoms with van der Waals surface area (Å²) in [5.74, 6) is -0.0512. The normalized spacial score (nSPS) is 14.7. The molecular formula is C23H26N4O3S. The lowest BCUT2D eigenvalue weighted by Crippen LogP contribution is -2.46. The van der Waals surface area contributed by atoms with Crippen LogP contribution in [0.25, 0.3) is 10.2 Å². The van der Waals surface area contributed by atoms with E-state index in [1.54, 1.807) is 18.5 Å². The molecule has 0 saturated carbocycles. The van der Waals surface area contributed by atoms with Gasteiger partial charge in [0, 0.05) is 42.5 Å². The van der Waals surface area contributed by atoms with E-state index in [4.69, 9.17) is 0 Å². The standard InChI is InChI=1S/C23H26N4O3S/c1-15-16(2)31-22-20(15)23(30)27(14-24-22)13-10-19(28)26-11-8-18(9-12-26)25-21(29)17-6-4-3-5-7-17/h3-7,14,18H,8-13H2,1-2H3,(H,25,29). The summed E-state index contributed by atoms with van der Waals surface area (Å²) in [4.78, 5) is 45.8. The van der Waals surface area contributed by atoms with Crippen LogP contribution in [0.4, 0.5) is 0 Å². The van der Waals surface area contributed by atoms with Gasteiger partial charge in [-0.2, -0.15) is 0 Å². The maximum Gasteiger partial charge on any atom is 0.262 e. The van der Waals surface area contributed by atoms with Gasteiger partial charge in [0.15, 0.2) is 0 Å². The van der Waals surface area contributed by atoms with E-state index in [-0.39, 0.29) is 29.8 Å². The van der Waals surface area contributed by atoms with Crippen molar-refractivity contribution in [2.24, 2.45) is 0 Å². The van der Waals surface area contributed by atoms with Crippen LogP contribution in [0.15, 0.2) is 41.5 Å². The fourth-order valence-electron chi connectivity index (χ4n) is 3.93. The second kappa shape index (κ2) is 9.01. The lowest BCUT2D eigenvalue weighted by atomic mass is 10.0. The Bertz CT molecular complexity index is 1160. The van der Waals surface area contributed by atoms with Crippen LogP contribution in [-0.4, -0.2) is 45.4 Å². The summed E-state index contributed by atoms with van der Waals surface area (Å²) in [6, 6.07) is 9.22. The lowest BCUT2D eigenvalue weighted by Gasteiger charge is -2.32. The number of nitrogens with zero attached hydrogens (tertiary/aromatic N) is 3. The van der Waals surface area contributed by atoms with Crippen molar-refractivity contribution in [2.75, 3.05) is 13.1 Å². The summed E-state index contributed by atoms with van der Waals surface area (Å²) in [7, 11) is 0. The van der Waals surface area contributed by atoms with Gasteiger partial charge in [-0.15, -0.1) is 11.3 Å². The van der Waals surface area contributed by atoms with E-state index in [2.05, 4.69) is 10.3 Å². The topological polar surface area (TPSA) is 84.3 Å². The van der Waals surface area contributed by atoms with E-state index in [1.165, 1.54) is 15.9 Å². The third-order valence-corrected chi connectivity index (χ3v) is 7.06. The number of nitrogens with one attached hydrogen (secondary N) is 1. The number of hydrogen-bond acceptors (Lipinski definition) is 5. The Kier molecular flexibility index (Phi) is 6.18. The van der Waals surface area contributed by atoms with Crippen LogP contribution in [0.1, 0.15) is 40.1 Å². The Balaban J connectivity index is 1.30. The molecule has 1 aliphatic heterocycles. The molecular weight excluding hydrogens is 412 g/mol. The van der Waals surface area contributed by atoms with Crippen molar-refractivity contribution in [1.82, 2.24) is 19.8 Å². The van der Waals surface area contributed by atoms with Crippen molar-refractivity contribution in [1.29, 1.82) is 0 Å². The monoisotopic (exact) mass is 438 g/mol. The highest BCUT2D eigenvalue weighted by atomic mass is 32.1. The Hall–Kier alpha value is -3.00. The van der Waals surface area contributed by atoms with Crippen LogP contribution < -0.4 is 10.9 Å². The predicted molar refractivity (Wildman–Crippen MR) is 121 cm³/mol. The summed E-state index contributed by atoms with van der Waals surface area (Å²) in [6.07, 6.45) is 3.26. The molecule has 1 N–H and O–H groups in total. The minimum atomic E-state index is -0.0815. The first-order valence-electron chi connectivity index (χ1n) is 10.5. The number of fused-ring (bicyclic) bond motifs is 1. The second-order valence-electron chi connectivity index (χ2n) is 7.95. The minimum Gasteiger partial charge on any atom is -0.349 e. The zero-order valence-electron chi connectivity index (χ0n) is 17.8. The molecule has 0 atom stereocenters. The smallest absolute Gasteiger partial charge is 0.262 e. The number of hydrogen-bond donors (Lipinski definition) is 1. The quantitative estimate of drug-likeness (QED) is 0.664. The second-order valence-corrected chi connectivity index (χ2v) is 9.15. The average molecular weight is 439 g/mol. The molecule has 1 fully saturated rings. The Morgan fingerprint density at radius 3 is 2.58 bits per heavy atom. The fraction of sp³-hybridized carbons (Fsp3) is 0.391. The number of aryl methyl sites for hydroxylation is 3. The third kappa shape index (κ3) is 4.54.